The molecule has 0 spiro atoms. The molecule has 2 rings (SSSR count). The van der Waals surface area contributed by atoms with Crippen LogP contribution in [-0.4, -0.2) is 41.9 Å². The third-order valence-electron chi connectivity index (χ3n) is 4.07. The van der Waals surface area contributed by atoms with E-state index in [0.717, 1.165) is 30.9 Å². The Labute approximate surface area is 137 Å². The van der Waals surface area contributed by atoms with Crippen LogP contribution < -0.4 is 15.5 Å². The predicted octanol–water partition coefficient (Wildman–Crippen LogP) is 1.66. The van der Waals surface area contributed by atoms with Crippen LogP contribution in [0.2, 0.25) is 0 Å². The van der Waals surface area contributed by atoms with E-state index in [4.69, 9.17) is 5.11 Å². The first-order valence-corrected chi connectivity index (χ1v) is 8.19. The highest BCUT2D eigenvalue weighted by atomic mass is 16.3. The summed E-state index contributed by atoms with van der Waals surface area (Å²) in [6.07, 6.45) is 6.43. The summed E-state index contributed by atoms with van der Waals surface area (Å²) >= 11 is 0. The molecule has 0 bridgehead atoms. The van der Waals surface area contributed by atoms with Gasteiger partial charge < -0.3 is 20.6 Å². The Morgan fingerprint density at radius 3 is 2.70 bits per heavy atom. The molecular weight excluding hydrogens is 292 g/mol. The van der Waals surface area contributed by atoms with Crippen molar-refractivity contribution in [1.82, 2.24) is 15.6 Å². The summed E-state index contributed by atoms with van der Waals surface area (Å²) in [6, 6.07) is 3.76. The lowest BCUT2D eigenvalue weighted by molar-refractivity contribution is 0.231. The summed E-state index contributed by atoms with van der Waals surface area (Å²) in [5.41, 5.74) is 0.964. The maximum atomic E-state index is 11.9. The molecule has 1 aromatic heterocycles. The molecular formula is C17H26N4O2. The first-order chi connectivity index (χ1) is 11.2. The molecule has 0 unspecified atom stereocenters. The van der Waals surface area contributed by atoms with E-state index >= 15 is 0 Å². The van der Waals surface area contributed by atoms with E-state index in [0.29, 0.717) is 6.54 Å². The molecule has 1 aliphatic carbocycles. The summed E-state index contributed by atoms with van der Waals surface area (Å²) in [5.74, 6) is 1.10. The average Bonchev–Trinajstić information content (AvgIpc) is 3.03. The molecule has 0 aliphatic heterocycles. The van der Waals surface area contributed by atoms with Crippen molar-refractivity contribution in [3.05, 3.63) is 36.0 Å². The van der Waals surface area contributed by atoms with Gasteiger partial charge in [-0.15, -0.1) is 0 Å². The molecule has 0 saturated carbocycles. The van der Waals surface area contributed by atoms with Crippen LogP contribution in [0.5, 0.6) is 0 Å². The van der Waals surface area contributed by atoms with E-state index < -0.39 is 0 Å². The molecule has 1 aliphatic rings. The van der Waals surface area contributed by atoms with Crippen LogP contribution in [0.3, 0.4) is 0 Å². The molecule has 0 radical (unpaired) electrons. The number of carbonyl (C=O) groups excluding carboxylic acids is 1. The minimum atomic E-state index is -0.203. The van der Waals surface area contributed by atoms with Crippen molar-refractivity contribution in [3.8, 4) is 0 Å². The smallest absolute Gasteiger partial charge is 0.315 e. The van der Waals surface area contributed by atoms with Gasteiger partial charge in [0.25, 0.3) is 0 Å². The van der Waals surface area contributed by atoms with Gasteiger partial charge in [0, 0.05) is 44.4 Å². The third kappa shape index (κ3) is 4.96. The summed E-state index contributed by atoms with van der Waals surface area (Å²) in [7, 11) is 0. The second kappa shape index (κ2) is 8.53. The fourth-order valence-electron chi connectivity index (χ4n) is 2.67. The molecule has 0 saturated heterocycles. The number of hydrogen-bond donors (Lipinski definition) is 3. The Bertz CT molecular complexity index is 526. The van der Waals surface area contributed by atoms with Gasteiger partial charge in [-0.3, -0.25) is 0 Å². The van der Waals surface area contributed by atoms with E-state index in [1.807, 2.05) is 24.3 Å². The van der Waals surface area contributed by atoms with Crippen LogP contribution >= 0.6 is 0 Å². The zero-order valence-corrected chi connectivity index (χ0v) is 13.8. The number of hydrogen-bond acceptors (Lipinski definition) is 4. The molecule has 1 heterocycles. The molecule has 6 heteroatoms. The number of aliphatic hydroxyl groups excluding tert-OH is 1. The fraction of sp³-hybridized carbons (Fsp3) is 0.529. The first-order valence-electron chi connectivity index (χ1n) is 8.19. The number of carbonyl (C=O) groups is 1. The van der Waals surface area contributed by atoms with Gasteiger partial charge in [-0.2, -0.15) is 0 Å². The largest absolute Gasteiger partial charge is 0.396 e. The fourth-order valence-corrected chi connectivity index (χ4v) is 2.67. The second-order valence-electron chi connectivity index (χ2n) is 5.69. The molecule has 3 N–H and O–H groups in total. The minimum absolute atomic E-state index is 0.00434. The summed E-state index contributed by atoms with van der Waals surface area (Å²) in [4.78, 5) is 18.5. The quantitative estimate of drug-likeness (QED) is 0.668. The van der Waals surface area contributed by atoms with E-state index in [2.05, 4.69) is 34.4 Å². The number of anilines is 1. The van der Waals surface area contributed by atoms with Gasteiger partial charge in [-0.1, -0.05) is 18.2 Å². The molecule has 2 atom stereocenters. The topological polar surface area (TPSA) is 77.5 Å². The lowest BCUT2D eigenvalue weighted by Gasteiger charge is -2.19. The Balaban J connectivity index is 1.77. The number of rotatable bonds is 7. The van der Waals surface area contributed by atoms with Gasteiger partial charge in [-0.05, 0) is 31.9 Å². The van der Waals surface area contributed by atoms with Crippen molar-refractivity contribution in [2.24, 2.45) is 5.92 Å². The SMILES string of the molecule is CCN(CC)c1ccc(CNC(=O)N[C@@H]2C=C[C@H](CO)C2)cn1. The Morgan fingerprint density at radius 1 is 1.35 bits per heavy atom. The van der Waals surface area contributed by atoms with Gasteiger partial charge in [-0.25, -0.2) is 9.78 Å². The maximum Gasteiger partial charge on any atom is 0.315 e. The van der Waals surface area contributed by atoms with E-state index in [9.17, 15) is 4.79 Å². The van der Waals surface area contributed by atoms with Crippen LogP contribution in [0.4, 0.5) is 10.6 Å². The van der Waals surface area contributed by atoms with Gasteiger partial charge >= 0.3 is 6.03 Å². The van der Waals surface area contributed by atoms with Crippen LogP contribution in [0, 0.1) is 5.92 Å². The Hall–Kier alpha value is -2.08. The number of pyridine rings is 1. The number of nitrogens with one attached hydrogen (secondary N) is 2. The summed E-state index contributed by atoms with van der Waals surface area (Å²) in [6.45, 7) is 6.62. The van der Waals surface area contributed by atoms with Gasteiger partial charge in [0.15, 0.2) is 0 Å². The van der Waals surface area contributed by atoms with Gasteiger partial charge in [0.1, 0.15) is 5.82 Å². The van der Waals surface area contributed by atoms with Crippen molar-refractivity contribution in [2.45, 2.75) is 32.9 Å². The monoisotopic (exact) mass is 318 g/mol. The normalized spacial score (nSPS) is 19.6. The first kappa shape index (κ1) is 17.3. The average molecular weight is 318 g/mol. The molecule has 2 amide bonds. The van der Waals surface area contributed by atoms with E-state index in [1.165, 1.54) is 0 Å². The second-order valence-corrected chi connectivity index (χ2v) is 5.69. The van der Waals surface area contributed by atoms with E-state index in [-0.39, 0.29) is 24.6 Å². The lowest BCUT2D eigenvalue weighted by Crippen LogP contribution is -2.40. The minimum Gasteiger partial charge on any atom is -0.396 e. The summed E-state index contributed by atoms with van der Waals surface area (Å²) in [5, 5.41) is 14.8. The Kier molecular flexibility index (Phi) is 6.40. The molecule has 0 aromatic carbocycles. The number of amides is 2. The van der Waals surface area contributed by atoms with Crippen LogP contribution in [0.15, 0.2) is 30.5 Å². The Morgan fingerprint density at radius 2 is 2.13 bits per heavy atom. The number of aromatic nitrogens is 1. The molecule has 0 fully saturated rings. The van der Waals surface area contributed by atoms with Crippen molar-refractivity contribution in [3.63, 3.8) is 0 Å². The van der Waals surface area contributed by atoms with Gasteiger partial charge in [0.2, 0.25) is 0 Å². The molecule has 6 nitrogen and oxygen atoms in total. The molecule has 23 heavy (non-hydrogen) atoms. The highest BCUT2D eigenvalue weighted by Gasteiger charge is 2.19. The molecule has 126 valence electrons. The highest BCUT2D eigenvalue weighted by molar-refractivity contribution is 5.74. The third-order valence-corrected chi connectivity index (χ3v) is 4.07. The van der Waals surface area contributed by atoms with Crippen LogP contribution in [-0.2, 0) is 6.54 Å². The van der Waals surface area contributed by atoms with Crippen LogP contribution in [0.25, 0.3) is 0 Å². The number of urea groups is 1. The zero-order chi connectivity index (χ0) is 16.7. The molecule has 1 aromatic rings. The predicted molar refractivity (Wildman–Crippen MR) is 91.3 cm³/mol. The van der Waals surface area contributed by atoms with Crippen molar-refractivity contribution in [1.29, 1.82) is 0 Å². The van der Waals surface area contributed by atoms with E-state index in [1.54, 1.807) is 6.20 Å². The summed E-state index contributed by atoms with van der Waals surface area (Å²) < 4.78 is 0. The van der Waals surface area contributed by atoms with Crippen molar-refractivity contribution < 1.29 is 9.90 Å². The van der Waals surface area contributed by atoms with Crippen molar-refractivity contribution in [2.75, 3.05) is 24.6 Å². The van der Waals surface area contributed by atoms with Crippen molar-refractivity contribution >= 4 is 11.8 Å². The standard InChI is InChI=1S/C17H26N4O2/c1-3-21(4-2)16-8-6-14(10-18-16)11-19-17(23)20-15-7-5-13(9-15)12-22/h5-8,10,13,15,22H,3-4,9,11-12H2,1-2H3,(H2,19,20,23)/t13-,15+/m0/s1. The van der Waals surface area contributed by atoms with Gasteiger partial charge in [0.05, 0.1) is 0 Å². The van der Waals surface area contributed by atoms with Crippen LogP contribution in [0.1, 0.15) is 25.8 Å². The highest BCUT2D eigenvalue weighted by Crippen LogP contribution is 2.16. The zero-order valence-electron chi connectivity index (χ0n) is 13.8. The number of nitrogens with zero attached hydrogens (tertiary/aromatic N) is 2. The number of aliphatic hydroxyl groups is 1. The maximum absolute atomic E-state index is 11.9. The lowest BCUT2D eigenvalue weighted by atomic mass is 10.1.